The normalized spacial score (nSPS) is 19.3. The second-order valence-electron chi connectivity index (χ2n) is 5.78. The van der Waals surface area contributed by atoms with Crippen LogP contribution in [0.25, 0.3) is 0 Å². The number of halogens is 1. The highest BCUT2D eigenvalue weighted by Gasteiger charge is 2.26. The van der Waals surface area contributed by atoms with Crippen LogP contribution < -0.4 is 5.32 Å². The number of thiophene rings is 1. The Bertz CT molecular complexity index is 380. The van der Waals surface area contributed by atoms with Gasteiger partial charge >= 0.3 is 0 Å². The quantitative estimate of drug-likeness (QED) is 0.686. The number of nitrogens with one attached hydrogen (secondary N) is 1. The number of rotatable bonds is 5. The third-order valence-corrected chi connectivity index (χ3v) is 5.99. The molecule has 1 aliphatic carbocycles. The molecule has 1 N–H and O–H groups in total. The Morgan fingerprint density at radius 3 is 2.53 bits per heavy atom. The summed E-state index contributed by atoms with van der Waals surface area (Å²) in [7, 11) is 0. The van der Waals surface area contributed by atoms with E-state index in [0.29, 0.717) is 6.04 Å². The summed E-state index contributed by atoms with van der Waals surface area (Å²) in [6.07, 6.45) is 9.49. The van der Waals surface area contributed by atoms with Gasteiger partial charge < -0.3 is 5.32 Å². The molecule has 1 heterocycles. The molecule has 2 rings (SSSR count). The van der Waals surface area contributed by atoms with E-state index >= 15 is 0 Å². The van der Waals surface area contributed by atoms with Crippen LogP contribution in [0.5, 0.6) is 0 Å². The van der Waals surface area contributed by atoms with Gasteiger partial charge in [-0.05, 0) is 49.6 Å². The molecule has 1 fully saturated rings. The Kier molecular flexibility index (Phi) is 6.18. The van der Waals surface area contributed by atoms with Gasteiger partial charge in [0.1, 0.15) is 0 Å². The van der Waals surface area contributed by atoms with Crippen molar-refractivity contribution in [3.05, 3.63) is 20.8 Å². The van der Waals surface area contributed by atoms with E-state index < -0.39 is 0 Å². The standard InChI is InChI=1S/C16H26ClNS/c1-3-10-18-15(13-8-6-4-5-7-9-13)16-14(17)12(2)11-19-16/h11,13,15,18H,3-10H2,1-2H3. The average Bonchev–Trinajstić information content (AvgIpc) is 2.63. The van der Waals surface area contributed by atoms with Crippen molar-refractivity contribution in [3.63, 3.8) is 0 Å². The maximum Gasteiger partial charge on any atom is 0.0590 e. The van der Waals surface area contributed by atoms with Crippen LogP contribution in [0.15, 0.2) is 5.38 Å². The maximum absolute atomic E-state index is 6.51. The molecule has 1 atom stereocenters. The van der Waals surface area contributed by atoms with Gasteiger partial charge in [-0.1, -0.05) is 44.2 Å². The van der Waals surface area contributed by atoms with E-state index in [1.165, 1.54) is 55.4 Å². The van der Waals surface area contributed by atoms with Gasteiger partial charge in [-0.3, -0.25) is 0 Å². The SMILES string of the molecule is CCCNC(c1scc(C)c1Cl)C1CCCCCC1. The Hall–Kier alpha value is -0.0500. The molecule has 1 nitrogen and oxygen atoms in total. The van der Waals surface area contributed by atoms with Crippen LogP contribution >= 0.6 is 22.9 Å². The molecule has 0 aliphatic heterocycles. The first-order valence-electron chi connectivity index (χ1n) is 7.71. The molecule has 0 aromatic carbocycles. The highest BCUT2D eigenvalue weighted by Crippen LogP contribution is 2.40. The van der Waals surface area contributed by atoms with Crippen LogP contribution in [0.1, 0.15) is 68.4 Å². The highest BCUT2D eigenvalue weighted by atomic mass is 35.5. The molecule has 0 amide bonds. The van der Waals surface area contributed by atoms with Crippen molar-refractivity contribution in [2.75, 3.05) is 6.54 Å². The summed E-state index contributed by atoms with van der Waals surface area (Å²) in [5.41, 5.74) is 1.23. The summed E-state index contributed by atoms with van der Waals surface area (Å²) in [5.74, 6) is 0.768. The van der Waals surface area contributed by atoms with Crippen LogP contribution in [0.3, 0.4) is 0 Å². The third kappa shape index (κ3) is 3.96. The monoisotopic (exact) mass is 299 g/mol. The zero-order valence-electron chi connectivity index (χ0n) is 12.2. The maximum atomic E-state index is 6.51. The highest BCUT2D eigenvalue weighted by molar-refractivity contribution is 7.10. The van der Waals surface area contributed by atoms with Crippen molar-refractivity contribution in [2.45, 2.75) is 64.8 Å². The minimum absolute atomic E-state index is 0.476. The van der Waals surface area contributed by atoms with Crippen molar-refractivity contribution in [1.29, 1.82) is 0 Å². The Morgan fingerprint density at radius 1 is 1.32 bits per heavy atom. The van der Waals surface area contributed by atoms with Crippen molar-refractivity contribution in [1.82, 2.24) is 5.32 Å². The minimum atomic E-state index is 0.476. The lowest BCUT2D eigenvalue weighted by Crippen LogP contribution is -2.28. The summed E-state index contributed by atoms with van der Waals surface area (Å²) in [4.78, 5) is 1.37. The minimum Gasteiger partial charge on any atom is -0.309 e. The fourth-order valence-electron chi connectivity index (χ4n) is 3.08. The second-order valence-corrected chi connectivity index (χ2v) is 7.07. The van der Waals surface area contributed by atoms with E-state index in [4.69, 9.17) is 11.6 Å². The molecule has 0 saturated heterocycles. The van der Waals surface area contributed by atoms with Gasteiger partial charge in [0, 0.05) is 10.9 Å². The van der Waals surface area contributed by atoms with Gasteiger partial charge in [-0.15, -0.1) is 11.3 Å². The average molecular weight is 300 g/mol. The number of hydrogen-bond acceptors (Lipinski definition) is 2. The zero-order valence-corrected chi connectivity index (χ0v) is 13.7. The van der Waals surface area contributed by atoms with E-state index in [-0.39, 0.29) is 0 Å². The van der Waals surface area contributed by atoms with Gasteiger partial charge in [0.25, 0.3) is 0 Å². The Labute approximate surface area is 126 Å². The van der Waals surface area contributed by atoms with E-state index in [9.17, 15) is 0 Å². The number of aryl methyl sites for hydroxylation is 1. The first kappa shape index (κ1) is 15.3. The van der Waals surface area contributed by atoms with E-state index in [2.05, 4.69) is 24.5 Å². The molecule has 1 saturated carbocycles. The lowest BCUT2D eigenvalue weighted by molar-refractivity contribution is 0.330. The van der Waals surface area contributed by atoms with E-state index in [1.807, 2.05) is 11.3 Å². The molecule has 108 valence electrons. The smallest absolute Gasteiger partial charge is 0.0590 e. The van der Waals surface area contributed by atoms with Crippen LogP contribution in [0, 0.1) is 12.8 Å². The lowest BCUT2D eigenvalue weighted by atomic mass is 9.90. The lowest BCUT2D eigenvalue weighted by Gasteiger charge is -2.27. The number of hydrogen-bond donors (Lipinski definition) is 1. The zero-order chi connectivity index (χ0) is 13.7. The molecule has 1 unspecified atom stereocenters. The summed E-state index contributed by atoms with van der Waals surface area (Å²) in [6.45, 7) is 5.44. The predicted octanol–water partition coefficient (Wildman–Crippen LogP) is 5.72. The van der Waals surface area contributed by atoms with Gasteiger partial charge in [0.05, 0.1) is 5.02 Å². The fourth-order valence-corrected chi connectivity index (χ4v) is 4.56. The molecule has 0 radical (unpaired) electrons. The molecule has 0 spiro atoms. The summed E-state index contributed by atoms with van der Waals surface area (Å²) < 4.78 is 0. The van der Waals surface area contributed by atoms with Crippen LogP contribution in [-0.4, -0.2) is 6.54 Å². The topological polar surface area (TPSA) is 12.0 Å². The molecular formula is C16H26ClNS. The van der Waals surface area contributed by atoms with Crippen molar-refractivity contribution < 1.29 is 0 Å². The predicted molar refractivity (Wildman–Crippen MR) is 86.3 cm³/mol. The third-order valence-electron chi connectivity index (χ3n) is 4.19. The molecule has 0 bridgehead atoms. The van der Waals surface area contributed by atoms with E-state index in [0.717, 1.165) is 17.5 Å². The van der Waals surface area contributed by atoms with Gasteiger partial charge in [-0.2, -0.15) is 0 Å². The first-order valence-corrected chi connectivity index (χ1v) is 8.96. The van der Waals surface area contributed by atoms with E-state index in [1.54, 1.807) is 0 Å². The summed E-state index contributed by atoms with van der Waals surface area (Å²) in [6, 6.07) is 0.476. The van der Waals surface area contributed by atoms with Gasteiger partial charge in [0.15, 0.2) is 0 Å². The molecule has 3 heteroatoms. The van der Waals surface area contributed by atoms with Crippen molar-refractivity contribution in [3.8, 4) is 0 Å². The Balaban J connectivity index is 2.16. The summed E-state index contributed by atoms with van der Waals surface area (Å²) in [5, 5.41) is 6.97. The van der Waals surface area contributed by atoms with Crippen molar-refractivity contribution in [2.24, 2.45) is 5.92 Å². The van der Waals surface area contributed by atoms with Gasteiger partial charge in [0.2, 0.25) is 0 Å². The van der Waals surface area contributed by atoms with Crippen LogP contribution in [0.4, 0.5) is 0 Å². The van der Waals surface area contributed by atoms with Crippen molar-refractivity contribution >= 4 is 22.9 Å². The molecule has 1 aromatic rings. The first-order chi connectivity index (χ1) is 9.24. The molecule has 1 aromatic heterocycles. The fraction of sp³-hybridized carbons (Fsp3) is 0.750. The van der Waals surface area contributed by atoms with Gasteiger partial charge in [-0.25, -0.2) is 0 Å². The Morgan fingerprint density at radius 2 is 2.00 bits per heavy atom. The molecular weight excluding hydrogens is 274 g/mol. The summed E-state index contributed by atoms with van der Waals surface area (Å²) >= 11 is 8.35. The molecule has 19 heavy (non-hydrogen) atoms. The van der Waals surface area contributed by atoms with Crippen LogP contribution in [-0.2, 0) is 0 Å². The van der Waals surface area contributed by atoms with Crippen LogP contribution in [0.2, 0.25) is 5.02 Å². The second kappa shape index (κ2) is 7.66. The molecule has 1 aliphatic rings. The largest absolute Gasteiger partial charge is 0.309 e.